The van der Waals surface area contributed by atoms with E-state index in [-0.39, 0.29) is 12.8 Å². The van der Waals surface area contributed by atoms with E-state index < -0.39 is 19.2 Å². The summed E-state index contributed by atoms with van der Waals surface area (Å²) in [6, 6.07) is 18.4. The van der Waals surface area contributed by atoms with Crippen LogP contribution in [0.15, 0.2) is 54.6 Å². The highest BCUT2D eigenvalue weighted by atomic mass is 31.2. The molecule has 2 aromatic carbocycles. The molecule has 0 heterocycles. The van der Waals surface area contributed by atoms with Gasteiger partial charge in [-0.3, -0.25) is 4.57 Å². The molecule has 0 saturated heterocycles. The molecule has 0 aromatic heterocycles. The predicted octanol–water partition coefficient (Wildman–Crippen LogP) is 8.86. The fourth-order valence-corrected chi connectivity index (χ4v) is 6.49. The summed E-state index contributed by atoms with van der Waals surface area (Å²) < 4.78 is 29.6. The first kappa shape index (κ1) is 33.1. The fourth-order valence-electron chi connectivity index (χ4n) is 4.60. The standard InChI is InChI=1S/C32H50NO5P/c1-5-8-9-10-11-13-16-28-19-21-29(22-20-28)23-24-32(4,25-26-39(35,37-6-2)38-7-3)33-31(34)36-27-30-17-14-12-15-18-30/h12,14-15,17-22H,5-11,13,16,23-27H2,1-4H3,(H,33,34). The molecule has 1 atom stereocenters. The molecule has 2 aromatic rings. The number of carbonyl (C=O) groups excluding carboxylic acids is 1. The maximum Gasteiger partial charge on any atom is 0.407 e. The summed E-state index contributed by atoms with van der Waals surface area (Å²) in [5, 5.41) is 3.06. The number of benzene rings is 2. The molecule has 0 spiro atoms. The van der Waals surface area contributed by atoms with Gasteiger partial charge in [-0.15, -0.1) is 0 Å². The lowest BCUT2D eigenvalue weighted by atomic mass is 9.90. The van der Waals surface area contributed by atoms with Gasteiger partial charge in [0, 0.05) is 5.54 Å². The van der Waals surface area contributed by atoms with Gasteiger partial charge in [0.25, 0.3) is 0 Å². The second-order valence-electron chi connectivity index (χ2n) is 10.5. The fraction of sp³-hybridized carbons (Fsp3) is 0.594. The largest absolute Gasteiger partial charge is 0.445 e. The second kappa shape index (κ2) is 18.3. The van der Waals surface area contributed by atoms with E-state index in [2.05, 4.69) is 36.5 Å². The molecule has 6 nitrogen and oxygen atoms in total. The number of amides is 1. The van der Waals surface area contributed by atoms with Crippen LogP contribution in [0.5, 0.6) is 0 Å². The summed E-state index contributed by atoms with van der Waals surface area (Å²) in [4.78, 5) is 12.8. The van der Waals surface area contributed by atoms with Crippen LogP contribution >= 0.6 is 7.60 Å². The minimum absolute atomic E-state index is 0.194. The number of carbonyl (C=O) groups is 1. The third-order valence-corrected chi connectivity index (χ3v) is 9.09. The Bertz CT molecular complexity index is 972. The highest BCUT2D eigenvalue weighted by Crippen LogP contribution is 2.49. The zero-order valence-electron chi connectivity index (χ0n) is 24.6. The predicted molar refractivity (Wildman–Crippen MR) is 160 cm³/mol. The molecule has 0 saturated carbocycles. The zero-order chi connectivity index (χ0) is 28.4. The van der Waals surface area contributed by atoms with Crippen molar-refractivity contribution in [3.05, 3.63) is 71.3 Å². The molecule has 0 aliphatic carbocycles. The van der Waals surface area contributed by atoms with Crippen molar-refractivity contribution >= 4 is 13.7 Å². The van der Waals surface area contributed by atoms with Crippen molar-refractivity contribution < 1.29 is 23.1 Å². The number of rotatable bonds is 20. The number of alkyl carbamates (subject to hydrolysis) is 1. The molecular formula is C32H50NO5P. The summed E-state index contributed by atoms with van der Waals surface area (Å²) in [5.74, 6) is 0. The van der Waals surface area contributed by atoms with Gasteiger partial charge in [-0.05, 0) is 69.6 Å². The minimum atomic E-state index is -3.24. The number of aryl methyl sites for hydroxylation is 2. The molecule has 1 unspecified atom stereocenters. The van der Waals surface area contributed by atoms with E-state index >= 15 is 0 Å². The summed E-state index contributed by atoms with van der Waals surface area (Å²) in [6.07, 6.45) is 10.5. The normalized spacial score (nSPS) is 13.1. The molecule has 0 radical (unpaired) electrons. The number of hydrogen-bond acceptors (Lipinski definition) is 5. The Hall–Kier alpha value is -2.14. The Kier molecular flexibility index (Phi) is 15.5. The molecule has 0 fully saturated rings. The lowest BCUT2D eigenvalue weighted by Crippen LogP contribution is -2.47. The molecule has 2 rings (SSSR count). The summed E-state index contributed by atoms with van der Waals surface area (Å²) >= 11 is 0. The van der Waals surface area contributed by atoms with Crippen LogP contribution in [-0.2, 0) is 37.8 Å². The summed E-state index contributed by atoms with van der Waals surface area (Å²) in [6.45, 7) is 8.65. The molecule has 1 amide bonds. The summed E-state index contributed by atoms with van der Waals surface area (Å²) in [7, 11) is -3.24. The third kappa shape index (κ3) is 13.7. The Labute approximate surface area is 236 Å². The molecule has 218 valence electrons. The van der Waals surface area contributed by atoms with Gasteiger partial charge in [0.2, 0.25) is 0 Å². The number of hydrogen-bond donors (Lipinski definition) is 1. The van der Waals surface area contributed by atoms with E-state index in [1.54, 1.807) is 13.8 Å². The molecule has 39 heavy (non-hydrogen) atoms. The minimum Gasteiger partial charge on any atom is -0.445 e. The van der Waals surface area contributed by atoms with E-state index in [0.717, 1.165) is 18.4 Å². The van der Waals surface area contributed by atoms with Crippen LogP contribution in [0.3, 0.4) is 0 Å². The molecule has 0 aliphatic rings. The Balaban J connectivity index is 1.98. The van der Waals surface area contributed by atoms with Crippen molar-refractivity contribution in [1.82, 2.24) is 5.32 Å². The van der Waals surface area contributed by atoms with Crippen molar-refractivity contribution in [1.29, 1.82) is 0 Å². The lowest BCUT2D eigenvalue weighted by Gasteiger charge is -2.32. The van der Waals surface area contributed by atoms with Crippen LogP contribution < -0.4 is 5.32 Å². The van der Waals surface area contributed by atoms with Gasteiger partial charge in [0.15, 0.2) is 0 Å². The Morgan fingerprint density at radius 3 is 1.97 bits per heavy atom. The van der Waals surface area contributed by atoms with E-state index in [0.29, 0.717) is 26.1 Å². The van der Waals surface area contributed by atoms with E-state index in [1.807, 2.05) is 37.3 Å². The number of unbranched alkanes of at least 4 members (excludes halogenated alkanes) is 5. The maximum atomic E-state index is 13.1. The molecule has 0 bridgehead atoms. The monoisotopic (exact) mass is 559 g/mol. The van der Waals surface area contributed by atoms with Crippen LogP contribution in [0.4, 0.5) is 4.79 Å². The van der Waals surface area contributed by atoms with E-state index in [1.165, 1.54) is 49.7 Å². The Morgan fingerprint density at radius 1 is 0.769 bits per heavy atom. The highest BCUT2D eigenvalue weighted by molar-refractivity contribution is 7.53. The van der Waals surface area contributed by atoms with Crippen LogP contribution in [-0.4, -0.2) is 31.0 Å². The molecule has 1 N–H and O–H groups in total. The maximum absolute atomic E-state index is 13.1. The van der Waals surface area contributed by atoms with Gasteiger partial charge in [0.05, 0.1) is 19.4 Å². The molecular weight excluding hydrogens is 509 g/mol. The van der Waals surface area contributed by atoms with Crippen molar-refractivity contribution in [3.8, 4) is 0 Å². The highest BCUT2D eigenvalue weighted by Gasteiger charge is 2.32. The second-order valence-corrected chi connectivity index (χ2v) is 12.7. The molecule has 0 aliphatic heterocycles. The summed E-state index contributed by atoms with van der Waals surface area (Å²) in [5.41, 5.74) is 2.86. The van der Waals surface area contributed by atoms with E-state index in [4.69, 9.17) is 13.8 Å². The number of nitrogens with one attached hydrogen (secondary N) is 1. The average Bonchev–Trinajstić information content (AvgIpc) is 2.93. The average molecular weight is 560 g/mol. The third-order valence-electron chi connectivity index (χ3n) is 7.01. The van der Waals surface area contributed by atoms with Gasteiger partial charge < -0.3 is 19.1 Å². The van der Waals surface area contributed by atoms with Gasteiger partial charge in [-0.1, -0.05) is 93.6 Å². The first-order valence-electron chi connectivity index (χ1n) is 14.8. The smallest absolute Gasteiger partial charge is 0.407 e. The van der Waals surface area contributed by atoms with Crippen LogP contribution in [0.1, 0.15) is 95.8 Å². The van der Waals surface area contributed by atoms with Crippen molar-refractivity contribution in [2.45, 2.75) is 104 Å². The van der Waals surface area contributed by atoms with Gasteiger partial charge in [0.1, 0.15) is 6.61 Å². The SMILES string of the molecule is CCCCCCCCc1ccc(CCC(C)(CCP(=O)(OCC)OCC)NC(=O)OCc2ccccc2)cc1. The first-order chi connectivity index (χ1) is 18.8. The van der Waals surface area contributed by atoms with Crippen molar-refractivity contribution in [3.63, 3.8) is 0 Å². The van der Waals surface area contributed by atoms with Crippen molar-refractivity contribution in [2.75, 3.05) is 19.4 Å². The first-order valence-corrected chi connectivity index (χ1v) is 16.5. The molecule has 7 heteroatoms. The van der Waals surface area contributed by atoms with E-state index in [9.17, 15) is 9.36 Å². The number of ether oxygens (including phenoxy) is 1. The van der Waals surface area contributed by atoms with Crippen LogP contribution in [0, 0.1) is 0 Å². The zero-order valence-corrected chi connectivity index (χ0v) is 25.5. The van der Waals surface area contributed by atoms with Gasteiger partial charge in [-0.2, -0.15) is 0 Å². The Morgan fingerprint density at radius 2 is 1.36 bits per heavy atom. The van der Waals surface area contributed by atoms with Crippen molar-refractivity contribution in [2.24, 2.45) is 0 Å². The van der Waals surface area contributed by atoms with Gasteiger partial charge in [-0.25, -0.2) is 4.79 Å². The van der Waals surface area contributed by atoms with Gasteiger partial charge >= 0.3 is 13.7 Å². The lowest BCUT2D eigenvalue weighted by molar-refractivity contribution is 0.125. The van der Waals surface area contributed by atoms with Crippen LogP contribution in [0.25, 0.3) is 0 Å². The quantitative estimate of drug-likeness (QED) is 0.130. The topological polar surface area (TPSA) is 73.9 Å². The van der Waals surface area contributed by atoms with Crippen LogP contribution in [0.2, 0.25) is 0 Å².